The van der Waals surface area contributed by atoms with Crippen LogP contribution in [0, 0.1) is 0 Å². The third kappa shape index (κ3) is 78.6. The molecule has 0 radical (unpaired) electrons. The molecule has 0 amide bonds. The maximum atomic E-state index is 10.2. The Morgan fingerprint density at radius 3 is 1.21 bits per heavy atom. The molecule has 0 aliphatic carbocycles. The number of carbonyl (C=O) groups is 4. The highest BCUT2D eigenvalue weighted by molar-refractivity contribution is 5.84. The molecule has 0 saturated heterocycles. The van der Waals surface area contributed by atoms with Gasteiger partial charge in [-0.05, 0) is 6.92 Å². The summed E-state index contributed by atoms with van der Waals surface area (Å²) in [4.78, 5) is 38.3. The molecule has 0 rings (SSSR count). The average Bonchev–Trinajstić information content (AvgIpc) is 2.67. The van der Waals surface area contributed by atoms with Crippen LogP contribution in [-0.4, -0.2) is 69.2 Å². The van der Waals surface area contributed by atoms with Gasteiger partial charge < -0.3 is 30.3 Å². The first-order valence-corrected chi connectivity index (χ1v) is 7.12. The summed E-state index contributed by atoms with van der Waals surface area (Å²) < 4.78 is 4.47. The molecule has 0 bridgehead atoms. The first kappa shape index (κ1) is 35.6. The van der Waals surface area contributed by atoms with E-state index in [1.165, 1.54) is 13.0 Å². The molecular formula is C18H28O10. The predicted molar refractivity (Wildman–Crippen MR) is 104 cm³/mol. The second-order valence-electron chi connectivity index (χ2n) is 3.74. The molecule has 0 saturated carbocycles. The zero-order chi connectivity index (χ0) is 23.5. The number of hydrogen-bond donors (Lipinski definition) is 5. The summed E-state index contributed by atoms with van der Waals surface area (Å²) in [6, 6.07) is 0. The number of aliphatic carboxylic acids is 3. The predicted octanol–water partition coefficient (Wildman–Crippen LogP) is 1.03. The van der Waals surface area contributed by atoms with Crippen LogP contribution in [0.2, 0.25) is 0 Å². The summed E-state index contributed by atoms with van der Waals surface area (Å²) in [7, 11) is 0. The smallest absolute Gasteiger partial charge is 0.330 e. The SMILES string of the molecule is C=C(C)C(=O)O.C=CC(=O)O.C=CC(=O)O.C=CCOC(=O)C=C.OCCO. The van der Waals surface area contributed by atoms with Crippen LogP contribution in [0.25, 0.3) is 0 Å². The lowest BCUT2D eigenvalue weighted by atomic mass is 10.4. The van der Waals surface area contributed by atoms with Crippen molar-refractivity contribution in [3.8, 4) is 0 Å². The summed E-state index contributed by atoms with van der Waals surface area (Å²) >= 11 is 0. The van der Waals surface area contributed by atoms with Gasteiger partial charge in [0.2, 0.25) is 0 Å². The largest absolute Gasteiger partial charge is 0.478 e. The van der Waals surface area contributed by atoms with E-state index in [1.807, 2.05) is 0 Å². The molecule has 10 nitrogen and oxygen atoms in total. The second-order valence-corrected chi connectivity index (χ2v) is 3.74. The lowest BCUT2D eigenvalue weighted by Gasteiger charge is -1.92. The Labute approximate surface area is 163 Å². The van der Waals surface area contributed by atoms with Crippen molar-refractivity contribution < 1.29 is 49.4 Å². The van der Waals surface area contributed by atoms with E-state index in [1.54, 1.807) is 0 Å². The van der Waals surface area contributed by atoms with Gasteiger partial charge in [-0.1, -0.05) is 39.0 Å². The molecule has 0 heterocycles. The number of carboxylic acids is 3. The van der Waals surface area contributed by atoms with Crippen LogP contribution in [0.5, 0.6) is 0 Å². The highest BCUT2D eigenvalue weighted by Crippen LogP contribution is 1.81. The fourth-order valence-electron chi connectivity index (χ4n) is 0.200. The Bertz CT molecular complexity index is 474. The topological polar surface area (TPSA) is 179 Å². The highest BCUT2D eigenvalue weighted by atomic mass is 16.5. The Morgan fingerprint density at radius 2 is 1.11 bits per heavy atom. The number of aliphatic hydroxyl groups is 2. The fourth-order valence-corrected chi connectivity index (χ4v) is 0.200. The molecule has 28 heavy (non-hydrogen) atoms. The molecule has 0 spiro atoms. The number of ether oxygens (including phenoxy) is 1. The van der Waals surface area contributed by atoms with Crippen LogP contribution in [0.1, 0.15) is 6.92 Å². The van der Waals surface area contributed by atoms with Crippen molar-refractivity contribution in [1.82, 2.24) is 0 Å². The van der Waals surface area contributed by atoms with E-state index in [0.29, 0.717) is 0 Å². The molecule has 0 aliphatic heterocycles. The average molecular weight is 404 g/mol. The number of esters is 1. The van der Waals surface area contributed by atoms with Gasteiger partial charge in [0, 0.05) is 23.8 Å². The van der Waals surface area contributed by atoms with Gasteiger partial charge in [0.05, 0.1) is 13.2 Å². The van der Waals surface area contributed by atoms with Gasteiger partial charge in [-0.3, -0.25) is 0 Å². The van der Waals surface area contributed by atoms with E-state index in [0.717, 1.165) is 18.2 Å². The van der Waals surface area contributed by atoms with Gasteiger partial charge in [0.15, 0.2) is 0 Å². The Hall–Kier alpha value is -3.50. The normalized spacial score (nSPS) is 7.11. The summed E-state index contributed by atoms with van der Waals surface area (Å²) in [5.74, 6) is -3.31. The van der Waals surface area contributed by atoms with Crippen LogP contribution in [-0.2, 0) is 23.9 Å². The first-order chi connectivity index (χ1) is 12.9. The standard InChI is InChI=1S/C6H8O2.C4H6O2.2C3H4O2.C2H6O2/c1-3-5-8-6(7)4-2;1-3(2)4(5)6;2*1-2-3(4)5;3-1-2-4/h3-4H,1-2,5H2;1H2,2H3,(H,5,6);2*2H,1H2,(H,4,5);3-4H,1-2H2. The molecule has 160 valence electrons. The minimum atomic E-state index is -0.981. The maximum Gasteiger partial charge on any atom is 0.330 e. The number of carbonyl (C=O) groups excluding carboxylic acids is 1. The molecule has 5 N–H and O–H groups in total. The molecule has 0 unspecified atom stereocenters. The van der Waals surface area contributed by atoms with Gasteiger partial charge >= 0.3 is 23.9 Å². The third-order valence-electron chi connectivity index (χ3n) is 1.32. The van der Waals surface area contributed by atoms with E-state index < -0.39 is 23.9 Å². The molecular weight excluding hydrogens is 376 g/mol. The molecule has 0 atom stereocenters. The first-order valence-electron chi connectivity index (χ1n) is 7.12. The Kier molecular flexibility index (Phi) is 39.8. The van der Waals surface area contributed by atoms with Gasteiger partial charge in [0.25, 0.3) is 0 Å². The Balaban J connectivity index is -0.0000000805. The van der Waals surface area contributed by atoms with Crippen molar-refractivity contribution in [2.75, 3.05) is 19.8 Å². The fraction of sp³-hybridized carbons (Fsp3) is 0.222. The number of hydrogen-bond acceptors (Lipinski definition) is 7. The molecule has 0 aromatic carbocycles. The quantitative estimate of drug-likeness (QED) is 0.234. The van der Waals surface area contributed by atoms with Crippen molar-refractivity contribution in [2.45, 2.75) is 6.92 Å². The third-order valence-corrected chi connectivity index (χ3v) is 1.32. The van der Waals surface area contributed by atoms with Crippen molar-refractivity contribution in [2.24, 2.45) is 0 Å². The van der Waals surface area contributed by atoms with E-state index in [-0.39, 0.29) is 25.4 Å². The summed E-state index contributed by atoms with van der Waals surface area (Å²) in [5.41, 5.74) is 0.176. The molecule has 0 aromatic heterocycles. The molecule has 10 heteroatoms. The monoisotopic (exact) mass is 404 g/mol. The van der Waals surface area contributed by atoms with Crippen LogP contribution in [0.4, 0.5) is 0 Å². The Morgan fingerprint density at radius 1 is 0.821 bits per heavy atom. The van der Waals surface area contributed by atoms with Gasteiger partial charge in [-0.25, -0.2) is 19.2 Å². The van der Waals surface area contributed by atoms with Crippen LogP contribution in [0.15, 0.2) is 62.8 Å². The summed E-state index contributed by atoms with van der Waals surface area (Å²) in [6.45, 7) is 17.1. The summed E-state index contributed by atoms with van der Waals surface area (Å²) in [6.07, 6.45) is 4.28. The van der Waals surface area contributed by atoms with E-state index in [2.05, 4.69) is 37.6 Å². The highest BCUT2D eigenvalue weighted by Gasteiger charge is 1.90. The molecule has 0 aliphatic rings. The van der Waals surface area contributed by atoms with E-state index in [9.17, 15) is 19.2 Å². The molecule has 0 aromatic rings. The maximum absolute atomic E-state index is 10.2. The molecule has 0 fully saturated rings. The van der Waals surface area contributed by atoms with E-state index in [4.69, 9.17) is 25.5 Å². The van der Waals surface area contributed by atoms with Gasteiger partial charge in [-0.2, -0.15) is 0 Å². The van der Waals surface area contributed by atoms with E-state index >= 15 is 0 Å². The number of rotatable bonds is 7. The minimum absolute atomic E-state index is 0.125. The van der Waals surface area contributed by atoms with Crippen LogP contribution >= 0.6 is 0 Å². The van der Waals surface area contributed by atoms with Gasteiger partial charge in [0.1, 0.15) is 6.61 Å². The van der Waals surface area contributed by atoms with Crippen LogP contribution < -0.4 is 0 Å². The second kappa shape index (κ2) is 31.3. The van der Waals surface area contributed by atoms with Crippen LogP contribution in [0.3, 0.4) is 0 Å². The van der Waals surface area contributed by atoms with Crippen molar-refractivity contribution in [3.63, 3.8) is 0 Å². The van der Waals surface area contributed by atoms with Gasteiger partial charge in [-0.15, -0.1) is 0 Å². The summed E-state index contributed by atoms with van der Waals surface area (Å²) in [5, 5.41) is 38.3. The minimum Gasteiger partial charge on any atom is -0.478 e. The van der Waals surface area contributed by atoms with Crippen molar-refractivity contribution >= 4 is 23.9 Å². The zero-order valence-electron chi connectivity index (χ0n) is 15.7. The zero-order valence-corrected chi connectivity index (χ0v) is 15.7. The number of aliphatic hydroxyl groups excluding tert-OH is 2. The van der Waals surface area contributed by atoms with Crippen molar-refractivity contribution in [1.29, 1.82) is 0 Å². The lowest BCUT2D eigenvalue weighted by molar-refractivity contribution is -0.136. The lowest BCUT2D eigenvalue weighted by Crippen LogP contribution is -1.98. The number of carboxylic acid groups (broad SMARTS) is 3. The van der Waals surface area contributed by atoms with Crippen molar-refractivity contribution in [3.05, 3.63) is 62.8 Å².